The molecule has 0 unspecified atom stereocenters. The van der Waals surface area contributed by atoms with E-state index in [0.717, 1.165) is 0 Å². The number of hydrogen-bond acceptors (Lipinski definition) is 4. The van der Waals surface area contributed by atoms with Crippen LogP contribution in [0.1, 0.15) is 0 Å². The number of azo groups is 1. The zero-order valence-electron chi connectivity index (χ0n) is 12.1. The number of primary sulfonamides is 1. The summed E-state index contributed by atoms with van der Waals surface area (Å²) in [5.74, 6) is 0. The first-order valence-electron chi connectivity index (χ1n) is 6.77. The van der Waals surface area contributed by atoms with Crippen LogP contribution in [0, 0.1) is 0 Å². The van der Waals surface area contributed by atoms with Gasteiger partial charge in [-0.25, -0.2) is 13.6 Å². The van der Waals surface area contributed by atoms with Gasteiger partial charge in [0.05, 0.1) is 16.3 Å². The van der Waals surface area contributed by atoms with Crippen LogP contribution in [-0.2, 0) is 10.0 Å². The second-order valence-electron chi connectivity index (χ2n) is 4.97. The van der Waals surface area contributed by atoms with Crippen molar-refractivity contribution in [3.8, 4) is 0 Å². The van der Waals surface area contributed by atoms with E-state index in [-0.39, 0.29) is 4.90 Å². The van der Waals surface area contributed by atoms with Crippen molar-refractivity contribution in [2.24, 2.45) is 15.4 Å². The third-order valence-corrected chi connectivity index (χ3v) is 5.22. The summed E-state index contributed by atoms with van der Waals surface area (Å²) in [4.78, 5) is 0.0456. The largest absolute Gasteiger partial charge is 0.238 e. The van der Waals surface area contributed by atoms with Gasteiger partial charge in [-0.05, 0) is 42.5 Å². The van der Waals surface area contributed by atoms with Gasteiger partial charge in [-0.15, -0.1) is 5.11 Å². The van der Waals surface area contributed by atoms with Crippen molar-refractivity contribution in [1.29, 1.82) is 0 Å². The number of benzene rings is 3. The normalized spacial score (nSPS) is 12.1. The van der Waals surface area contributed by atoms with Crippen molar-refractivity contribution in [2.45, 2.75) is 4.90 Å². The molecule has 3 aromatic carbocycles. The summed E-state index contributed by atoms with van der Waals surface area (Å²) in [6, 6.07) is 15.1. The molecule has 0 saturated heterocycles. The minimum absolute atomic E-state index is 0.0456. The average molecular weight is 425 g/mol. The Morgan fingerprint density at radius 3 is 2.33 bits per heavy atom. The molecule has 122 valence electrons. The highest BCUT2D eigenvalue weighted by atomic mass is 79.9. The molecule has 0 spiro atoms. The van der Waals surface area contributed by atoms with E-state index < -0.39 is 10.0 Å². The predicted molar refractivity (Wildman–Crippen MR) is 98.6 cm³/mol. The molecule has 0 radical (unpaired) electrons. The SMILES string of the molecule is NS(=O)(=O)c1ccc(Br)c2c(/N=N/c3ccc(Cl)cc3)cccc12. The van der Waals surface area contributed by atoms with Gasteiger partial charge in [-0.1, -0.05) is 39.7 Å². The quantitative estimate of drug-likeness (QED) is 0.577. The zero-order chi connectivity index (χ0) is 17.3. The molecule has 0 saturated carbocycles. The summed E-state index contributed by atoms with van der Waals surface area (Å²) in [7, 11) is -3.84. The van der Waals surface area contributed by atoms with Crippen LogP contribution in [0.3, 0.4) is 0 Å². The predicted octanol–water partition coefficient (Wildman–Crippen LogP) is 5.32. The maximum Gasteiger partial charge on any atom is 0.238 e. The second-order valence-corrected chi connectivity index (χ2v) is 7.79. The Labute approximate surface area is 152 Å². The van der Waals surface area contributed by atoms with Crippen LogP contribution >= 0.6 is 27.5 Å². The van der Waals surface area contributed by atoms with Crippen molar-refractivity contribution >= 4 is 59.7 Å². The number of hydrogen-bond donors (Lipinski definition) is 1. The van der Waals surface area contributed by atoms with Crippen LogP contribution in [-0.4, -0.2) is 8.42 Å². The van der Waals surface area contributed by atoms with Gasteiger partial charge in [0.15, 0.2) is 0 Å². The van der Waals surface area contributed by atoms with E-state index in [4.69, 9.17) is 16.7 Å². The molecule has 0 aliphatic heterocycles. The van der Waals surface area contributed by atoms with Crippen molar-refractivity contribution < 1.29 is 8.42 Å². The third kappa shape index (κ3) is 3.49. The maximum atomic E-state index is 11.8. The molecule has 0 bridgehead atoms. The molecule has 0 aliphatic carbocycles. The van der Waals surface area contributed by atoms with E-state index in [1.54, 1.807) is 48.5 Å². The highest BCUT2D eigenvalue weighted by Crippen LogP contribution is 2.36. The molecule has 0 amide bonds. The highest BCUT2D eigenvalue weighted by molar-refractivity contribution is 9.10. The molecule has 8 heteroatoms. The first kappa shape index (κ1) is 17.0. The fourth-order valence-corrected chi connectivity index (χ4v) is 3.68. The van der Waals surface area contributed by atoms with E-state index in [2.05, 4.69) is 26.2 Å². The minimum Gasteiger partial charge on any atom is -0.225 e. The molecule has 0 atom stereocenters. The number of nitrogens with zero attached hydrogens (tertiary/aromatic N) is 2. The van der Waals surface area contributed by atoms with Crippen LogP contribution in [0.5, 0.6) is 0 Å². The average Bonchev–Trinajstić information content (AvgIpc) is 2.53. The molecule has 3 rings (SSSR count). The minimum atomic E-state index is -3.84. The van der Waals surface area contributed by atoms with E-state index >= 15 is 0 Å². The van der Waals surface area contributed by atoms with Crippen molar-refractivity contribution in [3.05, 3.63) is 64.1 Å². The van der Waals surface area contributed by atoms with Gasteiger partial charge < -0.3 is 0 Å². The summed E-state index contributed by atoms with van der Waals surface area (Å²) in [6.45, 7) is 0. The summed E-state index contributed by atoms with van der Waals surface area (Å²) < 4.78 is 24.3. The van der Waals surface area contributed by atoms with Crippen molar-refractivity contribution in [3.63, 3.8) is 0 Å². The lowest BCUT2D eigenvalue weighted by Crippen LogP contribution is -2.12. The lowest BCUT2D eigenvalue weighted by molar-refractivity contribution is 0.598. The van der Waals surface area contributed by atoms with Crippen molar-refractivity contribution in [2.75, 3.05) is 0 Å². The molecule has 24 heavy (non-hydrogen) atoms. The van der Waals surface area contributed by atoms with Gasteiger partial charge in [0.2, 0.25) is 10.0 Å². The van der Waals surface area contributed by atoms with Crippen LogP contribution in [0.25, 0.3) is 10.8 Å². The Kier molecular flexibility index (Phi) is 4.69. The Morgan fingerprint density at radius 2 is 1.67 bits per heavy atom. The van der Waals surface area contributed by atoms with E-state index in [0.29, 0.717) is 31.6 Å². The number of fused-ring (bicyclic) bond motifs is 1. The number of nitrogens with two attached hydrogens (primary N) is 1. The van der Waals surface area contributed by atoms with Crippen LogP contribution in [0.2, 0.25) is 5.02 Å². The third-order valence-electron chi connectivity index (χ3n) is 3.33. The first-order chi connectivity index (χ1) is 11.4. The van der Waals surface area contributed by atoms with E-state index in [1.165, 1.54) is 6.07 Å². The Hall–Kier alpha value is -1.80. The summed E-state index contributed by atoms with van der Waals surface area (Å²) in [5.41, 5.74) is 1.16. The molecule has 0 fully saturated rings. The Morgan fingerprint density at radius 1 is 0.958 bits per heavy atom. The zero-order valence-corrected chi connectivity index (χ0v) is 15.3. The second kappa shape index (κ2) is 6.60. The summed E-state index contributed by atoms with van der Waals surface area (Å²) >= 11 is 9.27. The number of sulfonamides is 1. The van der Waals surface area contributed by atoms with Gasteiger partial charge in [0.1, 0.15) is 0 Å². The van der Waals surface area contributed by atoms with Gasteiger partial charge in [0, 0.05) is 20.3 Å². The molecular formula is C16H11BrClN3O2S. The smallest absolute Gasteiger partial charge is 0.225 e. The molecule has 0 heterocycles. The van der Waals surface area contributed by atoms with Crippen LogP contribution < -0.4 is 5.14 Å². The van der Waals surface area contributed by atoms with E-state index in [9.17, 15) is 8.42 Å². The van der Waals surface area contributed by atoms with Gasteiger partial charge in [-0.3, -0.25) is 0 Å². The van der Waals surface area contributed by atoms with Crippen LogP contribution in [0.4, 0.5) is 11.4 Å². The van der Waals surface area contributed by atoms with Gasteiger partial charge in [0.25, 0.3) is 0 Å². The monoisotopic (exact) mass is 423 g/mol. The molecule has 0 aliphatic rings. The fraction of sp³-hybridized carbons (Fsp3) is 0. The Bertz CT molecular complexity index is 1050. The molecule has 5 nitrogen and oxygen atoms in total. The highest BCUT2D eigenvalue weighted by Gasteiger charge is 2.15. The standard InChI is InChI=1S/C16H11BrClN3O2S/c17-13-8-9-15(24(19,22)23)12-2-1-3-14(16(12)13)21-20-11-6-4-10(18)5-7-11/h1-9H,(H2,19,22,23)/b21-20+. The lowest BCUT2D eigenvalue weighted by Gasteiger charge is -2.08. The molecule has 3 aromatic rings. The fourth-order valence-electron chi connectivity index (χ4n) is 2.27. The molecule has 2 N–H and O–H groups in total. The number of rotatable bonds is 3. The van der Waals surface area contributed by atoms with Gasteiger partial charge >= 0.3 is 0 Å². The topological polar surface area (TPSA) is 84.9 Å². The lowest BCUT2D eigenvalue weighted by atomic mass is 10.1. The number of halogens is 2. The maximum absolute atomic E-state index is 11.8. The Balaban J connectivity index is 2.17. The van der Waals surface area contributed by atoms with Crippen molar-refractivity contribution in [1.82, 2.24) is 0 Å². The van der Waals surface area contributed by atoms with E-state index in [1.807, 2.05) is 0 Å². The van der Waals surface area contributed by atoms with Crippen LogP contribution in [0.15, 0.2) is 74.2 Å². The summed E-state index contributed by atoms with van der Waals surface area (Å²) in [5, 5.41) is 15.4. The van der Waals surface area contributed by atoms with Gasteiger partial charge in [-0.2, -0.15) is 5.11 Å². The summed E-state index contributed by atoms with van der Waals surface area (Å²) in [6.07, 6.45) is 0. The molecular weight excluding hydrogens is 414 g/mol. The first-order valence-corrected chi connectivity index (χ1v) is 9.49. The molecule has 0 aromatic heterocycles.